The van der Waals surface area contributed by atoms with E-state index < -0.39 is 0 Å². The van der Waals surface area contributed by atoms with E-state index in [9.17, 15) is 4.79 Å². The number of fused-ring (bicyclic) bond motifs is 1. The Morgan fingerprint density at radius 1 is 1.50 bits per heavy atom. The Balaban J connectivity index is 2.71. The molecule has 3 heteroatoms. The van der Waals surface area contributed by atoms with E-state index in [0.717, 1.165) is 10.9 Å². The maximum Gasteiger partial charge on any atom is 0.338 e. The number of esters is 1. The van der Waals surface area contributed by atoms with Gasteiger partial charge in [0.1, 0.15) is 0 Å². The molecule has 0 amide bonds. The zero-order valence-corrected chi connectivity index (χ0v) is 7.65. The van der Waals surface area contributed by atoms with Gasteiger partial charge in [0, 0.05) is 17.6 Å². The molecule has 14 heavy (non-hydrogen) atoms. The first-order valence-electron chi connectivity index (χ1n) is 4.16. The Morgan fingerprint density at radius 2 is 2.36 bits per heavy atom. The minimum absolute atomic E-state index is 0.350. The number of hydrogen-bond donors (Lipinski definition) is 0. The lowest BCUT2D eigenvalue weighted by atomic mass is 10.1. The summed E-state index contributed by atoms with van der Waals surface area (Å²) in [7, 11) is 1.36. The minimum atomic E-state index is -0.350. The molecule has 3 nitrogen and oxygen atoms in total. The smallest absolute Gasteiger partial charge is 0.338 e. The van der Waals surface area contributed by atoms with E-state index in [-0.39, 0.29) is 5.97 Å². The monoisotopic (exact) mass is 186 g/mol. The van der Waals surface area contributed by atoms with E-state index in [1.807, 2.05) is 6.07 Å². The predicted octanol–water partition coefficient (Wildman–Crippen LogP) is 1.82. The predicted molar refractivity (Wildman–Crippen MR) is 51.9 cm³/mol. The van der Waals surface area contributed by atoms with Crippen LogP contribution in [0.2, 0.25) is 0 Å². The van der Waals surface area contributed by atoms with E-state index in [1.165, 1.54) is 7.11 Å². The van der Waals surface area contributed by atoms with Gasteiger partial charge >= 0.3 is 5.97 Å². The second-order valence-corrected chi connectivity index (χ2v) is 2.80. The molecule has 0 aliphatic rings. The van der Waals surface area contributed by atoms with E-state index in [1.54, 1.807) is 24.4 Å². The second-order valence-electron chi connectivity index (χ2n) is 2.80. The Bertz CT molecular complexity index is 474. The van der Waals surface area contributed by atoms with E-state index in [4.69, 9.17) is 0 Å². The first-order valence-corrected chi connectivity index (χ1v) is 4.16. The highest BCUT2D eigenvalue weighted by Gasteiger charge is 2.09. The average molecular weight is 186 g/mol. The molecule has 0 bridgehead atoms. The number of ether oxygens (including phenoxy) is 1. The van der Waals surface area contributed by atoms with Crippen LogP contribution in [0.25, 0.3) is 10.9 Å². The first-order chi connectivity index (χ1) is 6.83. The fourth-order valence-electron chi connectivity index (χ4n) is 1.33. The van der Waals surface area contributed by atoms with Crippen LogP contribution in [0.15, 0.2) is 30.5 Å². The van der Waals surface area contributed by atoms with Gasteiger partial charge in [0.05, 0.1) is 18.2 Å². The fourth-order valence-corrected chi connectivity index (χ4v) is 1.33. The second kappa shape index (κ2) is 3.46. The van der Waals surface area contributed by atoms with Crippen molar-refractivity contribution in [3.8, 4) is 0 Å². The van der Waals surface area contributed by atoms with Crippen LogP contribution in [0.5, 0.6) is 0 Å². The van der Waals surface area contributed by atoms with Crippen molar-refractivity contribution in [2.45, 2.75) is 0 Å². The van der Waals surface area contributed by atoms with Gasteiger partial charge in [0.15, 0.2) is 0 Å². The van der Waals surface area contributed by atoms with Gasteiger partial charge in [-0.1, -0.05) is 6.07 Å². The molecule has 0 spiro atoms. The maximum atomic E-state index is 11.4. The van der Waals surface area contributed by atoms with Gasteiger partial charge in [-0.05, 0) is 18.2 Å². The van der Waals surface area contributed by atoms with Crippen LogP contribution >= 0.6 is 0 Å². The molecule has 0 fully saturated rings. The molecule has 0 aliphatic heterocycles. The average Bonchev–Trinajstić information content (AvgIpc) is 2.27. The lowest BCUT2D eigenvalue weighted by Crippen LogP contribution is -2.01. The molecule has 1 heterocycles. The van der Waals surface area contributed by atoms with Crippen LogP contribution in [0, 0.1) is 6.07 Å². The van der Waals surface area contributed by atoms with Crippen molar-refractivity contribution in [1.82, 2.24) is 4.98 Å². The lowest BCUT2D eigenvalue weighted by Gasteiger charge is -2.02. The summed E-state index contributed by atoms with van der Waals surface area (Å²) in [5, 5.41) is 0.766. The highest BCUT2D eigenvalue weighted by Crippen LogP contribution is 2.16. The van der Waals surface area contributed by atoms with Crippen molar-refractivity contribution in [1.29, 1.82) is 0 Å². The summed E-state index contributed by atoms with van der Waals surface area (Å²) >= 11 is 0. The summed E-state index contributed by atoms with van der Waals surface area (Å²) in [5.74, 6) is -0.350. The Hall–Kier alpha value is -1.90. The zero-order valence-electron chi connectivity index (χ0n) is 7.65. The highest BCUT2D eigenvalue weighted by atomic mass is 16.5. The van der Waals surface area contributed by atoms with Crippen molar-refractivity contribution >= 4 is 16.9 Å². The maximum absolute atomic E-state index is 11.4. The molecule has 0 aliphatic carbocycles. The zero-order chi connectivity index (χ0) is 9.97. The molecular weight excluding hydrogens is 178 g/mol. The SMILES string of the molecule is COC(=O)c1cccc2nc[c]cc12. The molecule has 2 rings (SSSR count). The number of aromatic nitrogens is 1. The molecular formula is C11H8NO2. The Kier molecular flexibility index (Phi) is 2.14. The molecule has 0 atom stereocenters. The summed E-state index contributed by atoms with van der Waals surface area (Å²) < 4.78 is 4.66. The molecule has 2 aromatic rings. The molecule has 0 saturated carbocycles. The summed E-state index contributed by atoms with van der Waals surface area (Å²) in [6, 6.07) is 9.90. The van der Waals surface area contributed by atoms with E-state index >= 15 is 0 Å². The van der Waals surface area contributed by atoms with Crippen LogP contribution in [0.3, 0.4) is 0 Å². The highest BCUT2D eigenvalue weighted by molar-refractivity contribution is 6.03. The Morgan fingerprint density at radius 3 is 3.14 bits per heavy atom. The first kappa shape index (κ1) is 8.69. The molecule has 1 radical (unpaired) electrons. The summed E-state index contributed by atoms with van der Waals surface area (Å²) in [6.07, 6.45) is 1.57. The van der Waals surface area contributed by atoms with Crippen molar-refractivity contribution in [3.05, 3.63) is 42.1 Å². The van der Waals surface area contributed by atoms with E-state index in [2.05, 4.69) is 15.8 Å². The number of carbonyl (C=O) groups excluding carboxylic acids is 1. The van der Waals surface area contributed by atoms with Gasteiger partial charge in [0.25, 0.3) is 0 Å². The van der Waals surface area contributed by atoms with Crippen LogP contribution in [0.4, 0.5) is 0 Å². The van der Waals surface area contributed by atoms with Crippen molar-refractivity contribution in [3.63, 3.8) is 0 Å². The molecule has 0 N–H and O–H groups in total. The number of methoxy groups -OCH3 is 1. The van der Waals surface area contributed by atoms with Crippen molar-refractivity contribution < 1.29 is 9.53 Å². The molecule has 0 saturated heterocycles. The summed E-state index contributed by atoms with van der Waals surface area (Å²) in [4.78, 5) is 15.5. The van der Waals surface area contributed by atoms with Gasteiger partial charge in [0.2, 0.25) is 0 Å². The fraction of sp³-hybridized carbons (Fsp3) is 0.0909. The van der Waals surface area contributed by atoms with Gasteiger partial charge < -0.3 is 4.74 Å². The number of nitrogens with zero attached hydrogens (tertiary/aromatic N) is 1. The summed E-state index contributed by atoms with van der Waals surface area (Å²) in [6.45, 7) is 0. The topological polar surface area (TPSA) is 39.2 Å². The van der Waals surface area contributed by atoms with E-state index in [0.29, 0.717) is 5.56 Å². The van der Waals surface area contributed by atoms with Crippen LogP contribution < -0.4 is 0 Å². The number of benzene rings is 1. The van der Waals surface area contributed by atoms with Crippen molar-refractivity contribution in [2.75, 3.05) is 7.11 Å². The van der Waals surface area contributed by atoms with Crippen LogP contribution in [0.1, 0.15) is 10.4 Å². The van der Waals surface area contributed by atoms with Gasteiger partial charge in [-0.25, -0.2) is 4.79 Å². The third-order valence-corrected chi connectivity index (χ3v) is 1.99. The molecule has 0 unspecified atom stereocenters. The quantitative estimate of drug-likeness (QED) is 0.638. The number of carbonyl (C=O) groups is 1. The van der Waals surface area contributed by atoms with Crippen molar-refractivity contribution in [2.24, 2.45) is 0 Å². The van der Waals surface area contributed by atoms with Gasteiger partial charge in [-0.15, -0.1) is 0 Å². The van der Waals surface area contributed by atoms with Gasteiger partial charge in [-0.2, -0.15) is 0 Å². The Labute approximate surface area is 81.3 Å². The molecule has 69 valence electrons. The molecule has 1 aromatic heterocycles. The lowest BCUT2D eigenvalue weighted by molar-refractivity contribution is 0.0603. The molecule has 1 aromatic carbocycles. The number of hydrogen-bond acceptors (Lipinski definition) is 3. The number of rotatable bonds is 1. The number of pyridine rings is 1. The largest absolute Gasteiger partial charge is 0.465 e. The standard InChI is InChI=1S/C11H8NO2/c1-14-11(13)9-4-2-6-10-8(9)5-3-7-12-10/h2,4-7H,1H3. The third-order valence-electron chi connectivity index (χ3n) is 1.99. The minimum Gasteiger partial charge on any atom is -0.465 e. The third kappa shape index (κ3) is 1.33. The normalized spacial score (nSPS) is 10.1. The van der Waals surface area contributed by atoms with Gasteiger partial charge in [-0.3, -0.25) is 4.98 Å². The summed E-state index contributed by atoms with van der Waals surface area (Å²) in [5.41, 5.74) is 1.29. The van der Waals surface area contributed by atoms with Crippen LogP contribution in [-0.2, 0) is 4.74 Å². The van der Waals surface area contributed by atoms with Crippen LogP contribution in [-0.4, -0.2) is 18.1 Å².